The van der Waals surface area contributed by atoms with E-state index in [4.69, 9.17) is 53.1 Å². The van der Waals surface area contributed by atoms with Crippen LogP contribution in [0.4, 0.5) is 0 Å². The fourth-order valence-corrected chi connectivity index (χ4v) is 10.2. The van der Waals surface area contributed by atoms with Crippen LogP contribution in [-0.4, -0.2) is 161 Å². The molecule has 4 fully saturated rings. The number of aliphatic hydroxyl groups excluding tert-OH is 5. The quantitative estimate of drug-likeness (QED) is 0.202. The Bertz CT molecular complexity index is 1970. The summed E-state index contributed by atoms with van der Waals surface area (Å²) in [6.45, 7) is 14.2. The smallest absolute Gasteiger partial charge is 0.313 e. The first-order chi connectivity index (χ1) is 34.5. The minimum Gasteiger partial charge on any atom is -0.469 e. The number of methoxy groups -OCH3 is 2. The molecule has 5 aliphatic rings. The molecule has 4 saturated heterocycles. The van der Waals surface area contributed by atoms with Gasteiger partial charge >= 0.3 is 11.9 Å². The van der Waals surface area contributed by atoms with Gasteiger partial charge in [-0.25, -0.2) is 0 Å². The number of ether oxygens (including phenoxy) is 10. The summed E-state index contributed by atoms with van der Waals surface area (Å²) in [6.07, 6.45) is 14.3. The van der Waals surface area contributed by atoms with E-state index in [1.807, 2.05) is 74.6 Å². The third kappa shape index (κ3) is 17.8. The molecule has 7 N–H and O–H groups in total. The topological polar surface area (TPSA) is 254 Å². The van der Waals surface area contributed by atoms with E-state index < -0.39 is 121 Å². The van der Waals surface area contributed by atoms with Crippen molar-refractivity contribution in [3.8, 4) is 0 Å². The molecule has 0 aliphatic carbocycles. The number of hydrogen-bond acceptors (Lipinski definition) is 18. The van der Waals surface area contributed by atoms with Crippen molar-refractivity contribution in [3.63, 3.8) is 0 Å². The Kier molecular flexibility index (Phi) is 22.8. The molecule has 0 spiro atoms. The largest absolute Gasteiger partial charge is 0.469 e. The van der Waals surface area contributed by atoms with E-state index in [9.17, 15) is 35.1 Å². The van der Waals surface area contributed by atoms with Gasteiger partial charge in [0.2, 0.25) is 0 Å². The van der Waals surface area contributed by atoms with E-state index in [1.165, 1.54) is 14.2 Å². The molecule has 0 saturated carbocycles. The van der Waals surface area contributed by atoms with E-state index in [1.54, 1.807) is 65.8 Å². The number of esters is 2. The van der Waals surface area contributed by atoms with Crippen LogP contribution in [0.25, 0.3) is 0 Å². The highest BCUT2D eigenvalue weighted by molar-refractivity contribution is 5.74. The van der Waals surface area contributed by atoms with Crippen LogP contribution in [0.1, 0.15) is 107 Å². The molecule has 412 valence electrons. The summed E-state index contributed by atoms with van der Waals surface area (Å²) in [6, 6.07) is -1.07. The van der Waals surface area contributed by atoms with Crippen molar-refractivity contribution in [2.75, 3.05) is 14.2 Å². The van der Waals surface area contributed by atoms with Crippen molar-refractivity contribution in [1.29, 1.82) is 0 Å². The molecule has 0 aromatic heterocycles. The lowest BCUT2D eigenvalue weighted by Gasteiger charge is -2.49. The van der Waals surface area contributed by atoms with E-state index in [-0.39, 0.29) is 56.5 Å². The fourth-order valence-electron chi connectivity index (χ4n) is 10.2. The minimum absolute atomic E-state index is 0.0189. The Hall–Kier alpha value is -3.44. The molecule has 19 atom stereocenters. The zero-order chi connectivity index (χ0) is 53.7. The molecule has 5 rings (SSSR count). The van der Waals surface area contributed by atoms with E-state index in [0.717, 1.165) is 0 Å². The van der Waals surface area contributed by atoms with Gasteiger partial charge in [-0.1, -0.05) is 98.9 Å². The second kappa shape index (κ2) is 27.6. The highest BCUT2D eigenvalue weighted by Gasteiger charge is 2.54. The van der Waals surface area contributed by atoms with Crippen LogP contribution < -0.4 is 5.73 Å². The van der Waals surface area contributed by atoms with Crippen molar-refractivity contribution in [2.24, 2.45) is 23.5 Å². The highest BCUT2D eigenvalue weighted by atomic mass is 16.7. The average Bonchev–Trinajstić information content (AvgIpc) is 3.31. The molecule has 0 aromatic rings. The molecule has 0 unspecified atom stereocenters. The maximum absolute atomic E-state index is 13.5. The summed E-state index contributed by atoms with van der Waals surface area (Å²) < 4.78 is 61.3. The number of rotatable bonds is 4. The zero-order valence-corrected chi connectivity index (χ0v) is 44.3. The summed E-state index contributed by atoms with van der Waals surface area (Å²) in [5, 5.41) is 56.3. The lowest BCUT2D eigenvalue weighted by molar-refractivity contribution is -0.349. The third-order valence-corrected chi connectivity index (χ3v) is 14.3. The normalized spacial score (nSPS) is 44.7. The van der Waals surface area contributed by atoms with Crippen LogP contribution in [0.5, 0.6) is 0 Å². The van der Waals surface area contributed by atoms with Gasteiger partial charge in [-0.3, -0.25) is 9.59 Å². The third-order valence-electron chi connectivity index (χ3n) is 14.3. The van der Waals surface area contributed by atoms with Crippen molar-refractivity contribution < 1.29 is 82.5 Å². The summed E-state index contributed by atoms with van der Waals surface area (Å²) in [5.74, 6) is -6.61. The first kappa shape index (κ1) is 60.4. The van der Waals surface area contributed by atoms with Gasteiger partial charge in [-0.15, -0.1) is 0 Å². The number of carbonyl (C=O) groups is 2. The van der Waals surface area contributed by atoms with Gasteiger partial charge in [-0.2, -0.15) is 0 Å². The molecule has 5 heterocycles. The van der Waals surface area contributed by atoms with Gasteiger partial charge in [0.25, 0.3) is 0 Å². The molecule has 0 radical (unpaired) electrons. The van der Waals surface area contributed by atoms with Crippen LogP contribution in [0.15, 0.2) is 85.1 Å². The molecular formula is C55H85NO17. The first-order valence-corrected chi connectivity index (χ1v) is 25.8. The Morgan fingerprint density at radius 2 is 1.21 bits per heavy atom. The minimum atomic E-state index is -1.51. The van der Waals surface area contributed by atoms with Gasteiger partial charge in [0, 0.05) is 51.0 Å². The summed E-state index contributed by atoms with van der Waals surface area (Å²) >= 11 is 0. The highest BCUT2D eigenvalue weighted by Crippen LogP contribution is 2.43. The predicted molar refractivity (Wildman–Crippen MR) is 270 cm³/mol. The summed E-state index contributed by atoms with van der Waals surface area (Å²) in [7, 11) is 2.67. The maximum atomic E-state index is 13.5. The van der Waals surface area contributed by atoms with Crippen LogP contribution in [0.3, 0.4) is 0 Å². The Labute approximate surface area is 431 Å². The average molecular weight is 1030 g/mol. The second-order valence-electron chi connectivity index (χ2n) is 21.1. The van der Waals surface area contributed by atoms with Gasteiger partial charge in [0.05, 0.1) is 86.7 Å². The Balaban J connectivity index is 1.43. The monoisotopic (exact) mass is 1030 g/mol. The van der Waals surface area contributed by atoms with Crippen molar-refractivity contribution in [2.45, 2.75) is 216 Å². The van der Waals surface area contributed by atoms with E-state index >= 15 is 0 Å². The first-order valence-electron chi connectivity index (χ1n) is 25.8. The zero-order valence-electron chi connectivity index (χ0n) is 44.3. The van der Waals surface area contributed by atoms with Crippen molar-refractivity contribution >= 4 is 11.9 Å². The van der Waals surface area contributed by atoms with Crippen molar-refractivity contribution in [1.82, 2.24) is 0 Å². The van der Waals surface area contributed by atoms with Crippen LogP contribution >= 0.6 is 0 Å². The van der Waals surface area contributed by atoms with Crippen LogP contribution in [-0.2, 0) is 57.0 Å². The summed E-state index contributed by atoms with van der Waals surface area (Å²) in [5.41, 5.74) is 6.17. The summed E-state index contributed by atoms with van der Waals surface area (Å²) in [4.78, 5) is 26.8. The van der Waals surface area contributed by atoms with Gasteiger partial charge < -0.3 is 78.6 Å². The molecule has 18 nitrogen and oxygen atoms in total. The van der Waals surface area contributed by atoms with E-state index in [2.05, 4.69) is 0 Å². The predicted octanol–water partition coefficient (Wildman–Crippen LogP) is 5.05. The Morgan fingerprint density at radius 3 is 1.82 bits per heavy atom. The van der Waals surface area contributed by atoms with E-state index in [0.29, 0.717) is 12.8 Å². The van der Waals surface area contributed by atoms with Gasteiger partial charge in [-0.05, 0) is 54.4 Å². The van der Waals surface area contributed by atoms with Crippen LogP contribution in [0.2, 0.25) is 0 Å². The lowest BCUT2D eigenvalue weighted by atomic mass is 9.82. The Morgan fingerprint density at radius 1 is 0.630 bits per heavy atom. The molecule has 5 aliphatic heterocycles. The van der Waals surface area contributed by atoms with Crippen LogP contribution in [0, 0.1) is 17.8 Å². The number of allylic oxidation sites excluding steroid dienone is 12. The number of hydrogen-bond donors (Lipinski definition) is 6. The number of carbonyl (C=O) groups excluding carboxylic acids is 2. The van der Waals surface area contributed by atoms with Gasteiger partial charge in [0.15, 0.2) is 23.7 Å². The maximum Gasteiger partial charge on any atom is 0.313 e. The molecule has 18 heteroatoms. The molecule has 73 heavy (non-hydrogen) atoms. The molecular weight excluding hydrogens is 947 g/mol. The molecule has 0 aromatic carbocycles. The molecule has 0 amide bonds. The lowest BCUT2D eigenvalue weighted by Crippen LogP contribution is -2.62. The number of aliphatic hydroxyl groups is 5. The van der Waals surface area contributed by atoms with Gasteiger partial charge in [0.1, 0.15) is 18.1 Å². The van der Waals surface area contributed by atoms with Crippen molar-refractivity contribution in [3.05, 3.63) is 85.1 Å². The number of cyclic esters (lactones) is 1. The molecule has 6 bridgehead atoms. The standard InChI is InChI=1S/C55H85NO17/c1-33-23-21-19-17-15-13-11-12-14-16-18-20-22-24-37(68-52-50(62)47(56)49(61)36(4)67-52)28-44-46(51(63)64-9)42(58)32-55(65-10,73-44)31-40-29-43(72-54(7,8)71-40)41(57)26-25-38-27-39(70-53(5,6)69-38)30-45(59)66-35(3)34(2)48(33)60/h11-24,33-44,46-50,52,57-58,60-62H,25-32,56H2,1-10H3/b12-11+,15-13+,16-14+,19-17+,20-18+,23-21+,24-22+/t33-,34-,35-,36+,37-,38+,39+,40-,41+,42-,43+,44-,46+,47-,48+,49+,50-,52-,55+/m0/s1. The number of fused-ring (bicyclic) bond motifs is 6. The SMILES string of the molecule is COC(=O)[C@H]1[C@@H]2C[C@@H](O[C@@H]3O[C@H](C)[C@@H](O)[C@H](N)[C@@H]3O)/C=C/C=C/C=C/C=C/C=C/C=C/C=C/[C@H](C)[C@@H](O)[C@@H](C)[C@H](C)OC(=O)C[C@H]3C[C@@H](CC[C@@H](O)[C@H]4C[C@@H](C[C@](OC)(C[C@@H]1O)O2)OC(C)(C)O4)OC(C)(C)O3. The number of nitrogens with two attached hydrogens (primary N) is 1. The second-order valence-corrected chi connectivity index (χ2v) is 21.1. The fraction of sp³-hybridized carbons (Fsp3) is 0.709.